The van der Waals surface area contributed by atoms with E-state index in [-0.39, 0.29) is 17.2 Å². The Balaban J connectivity index is 2.98. The number of nitrogens with one attached hydrogen (secondary N) is 1. The maximum Gasteiger partial charge on any atom is 0.181 e. The fourth-order valence-electron chi connectivity index (χ4n) is 1.74. The zero-order valence-corrected chi connectivity index (χ0v) is 11.6. The lowest BCUT2D eigenvalue weighted by Gasteiger charge is -2.13. The van der Waals surface area contributed by atoms with Crippen molar-refractivity contribution in [2.45, 2.75) is 17.9 Å². The first kappa shape index (κ1) is 14.9. The van der Waals surface area contributed by atoms with Gasteiger partial charge in [0.2, 0.25) is 0 Å². The van der Waals surface area contributed by atoms with Gasteiger partial charge in [-0.2, -0.15) is 0 Å². The second-order valence-corrected chi connectivity index (χ2v) is 6.13. The van der Waals surface area contributed by atoms with E-state index < -0.39 is 15.9 Å². The molecule has 0 spiro atoms. The number of aliphatic hydroxyl groups excluding tert-OH is 1. The summed E-state index contributed by atoms with van der Waals surface area (Å²) in [6, 6.07) is 4.78. The van der Waals surface area contributed by atoms with Crippen LogP contribution in [0.15, 0.2) is 23.1 Å². The van der Waals surface area contributed by atoms with Crippen LogP contribution in [-0.4, -0.2) is 46.1 Å². The number of hydrogen-bond acceptors (Lipinski definition) is 5. The Morgan fingerprint density at radius 2 is 2.11 bits per heavy atom. The Bertz CT molecular complexity index is 499. The van der Waals surface area contributed by atoms with Gasteiger partial charge in [-0.05, 0) is 37.7 Å². The molecule has 1 aromatic carbocycles. The van der Waals surface area contributed by atoms with Crippen molar-refractivity contribution >= 4 is 9.84 Å². The first-order valence-corrected chi connectivity index (χ1v) is 7.26. The van der Waals surface area contributed by atoms with Gasteiger partial charge in [0.15, 0.2) is 9.84 Å². The second-order valence-electron chi connectivity index (χ2n) is 4.12. The molecule has 5 nitrogen and oxygen atoms in total. The molecule has 102 valence electrons. The fourth-order valence-corrected chi connectivity index (χ4v) is 3.36. The van der Waals surface area contributed by atoms with Crippen LogP contribution >= 0.6 is 0 Å². The third-order valence-electron chi connectivity index (χ3n) is 2.57. The Kier molecular flexibility index (Phi) is 5.13. The van der Waals surface area contributed by atoms with Gasteiger partial charge in [-0.25, -0.2) is 8.42 Å². The molecule has 0 bridgehead atoms. The number of hydrogen-bond donors (Lipinski definition) is 2. The van der Waals surface area contributed by atoms with Crippen LogP contribution in [0.5, 0.6) is 5.75 Å². The zero-order chi connectivity index (χ0) is 13.8. The lowest BCUT2D eigenvalue weighted by molar-refractivity contribution is 0.196. The molecular formula is C12H19NO4S. The summed E-state index contributed by atoms with van der Waals surface area (Å²) >= 11 is 0. The molecular weight excluding hydrogens is 254 g/mol. The van der Waals surface area contributed by atoms with E-state index in [1.54, 1.807) is 26.1 Å². The average molecular weight is 273 g/mol. The number of methoxy groups -OCH3 is 1. The molecule has 0 heterocycles. The number of aryl methyl sites for hydroxylation is 1. The van der Waals surface area contributed by atoms with Crippen molar-refractivity contribution in [2.75, 3.05) is 26.5 Å². The molecule has 0 aliphatic carbocycles. The molecule has 1 atom stereocenters. The minimum absolute atomic E-state index is 0.235. The van der Waals surface area contributed by atoms with Crippen molar-refractivity contribution < 1.29 is 18.3 Å². The quantitative estimate of drug-likeness (QED) is 0.782. The maximum atomic E-state index is 12.1. The minimum atomic E-state index is -3.48. The van der Waals surface area contributed by atoms with Gasteiger partial charge in [-0.1, -0.05) is 0 Å². The monoisotopic (exact) mass is 273 g/mol. The summed E-state index contributed by atoms with van der Waals surface area (Å²) in [5.41, 5.74) is 0.617. The van der Waals surface area contributed by atoms with E-state index in [0.29, 0.717) is 11.3 Å². The lowest BCUT2D eigenvalue weighted by Crippen LogP contribution is -2.30. The summed E-state index contributed by atoms with van der Waals surface area (Å²) in [5, 5.41) is 12.3. The summed E-state index contributed by atoms with van der Waals surface area (Å²) in [7, 11) is -0.294. The number of likely N-dealkylation sites (N-methyl/N-ethyl adjacent to an activating group) is 1. The van der Waals surface area contributed by atoms with E-state index in [1.807, 2.05) is 0 Å². The van der Waals surface area contributed by atoms with E-state index >= 15 is 0 Å². The van der Waals surface area contributed by atoms with Gasteiger partial charge < -0.3 is 15.2 Å². The van der Waals surface area contributed by atoms with Gasteiger partial charge in [0.05, 0.1) is 23.9 Å². The summed E-state index contributed by atoms with van der Waals surface area (Å²) in [5.74, 6) is 0.323. The third kappa shape index (κ3) is 3.69. The van der Waals surface area contributed by atoms with Gasteiger partial charge >= 0.3 is 0 Å². The largest absolute Gasteiger partial charge is 0.497 e. The van der Waals surface area contributed by atoms with Crippen LogP contribution < -0.4 is 10.1 Å². The normalized spacial score (nSPS) is 13.3. The van der Waals surface area contributed by atoms with Gasteiger partial charge in [-0.15, -0.1) is 0 Å². The molecule has 0 radical (unpaired) electrons. The SMILES string of the molecule is CNCC(O)CS(=O)(=O)c1ccc(OC)cc1C. The summed E-state index contributed by atoms with van der Waals surface area (Å²) < 4.78 is 29.2. The highest BCUT2D eigenvalue weighted by Crippen LogP contribution is 2.22. The van der Waals surface area contributed by atoms with E-state index in [0.717, 1.165) is 0 Å². The van der Waals surface area contributed by atoms with Crippen LogP contribution in [0.25, 0.3) is 0 Å². The molecule has 1 aromatic rings. The van der Waals surface area contributed by atoms with Crippen LogP contribution in [0.1, 0.15) is 5.56 Å². The summed E-state index contributed by atoms with van der Waals surface area (Å²) in [6.45, 7) is 1.95. The van der Waals surface area contributed by atoms with Crippen LogP contribution in [0.4, 0.5) is 0 Å². The second kappa shape index (κ2) is 6.17. The van der Waals surface area contributed by atoms with Crippen LogP contribution in [0.3, 0.4) is 0 Å². The number of rotatable bonds is 6. The number of aliphatic hydroxyl groups is 1. The molecule has 0 fully saturated rings. The highest BCUT2D eigenvalue weighted by atomic mass is 32.2. The molecule has 2 N–H and O–H groups in total. The van der Waals surface area contributed by atoms with Crippen molar-refractivity contribution in [3.63, 3.8) is 0 Å². The van der Waals surface area contributed by atoms with E-state index in [1.165, 1.54) is 13.2 Å². The van der Waals surface area contributed by atoms with Gasteiger partial charge in [0.25, 0.3) is 0 Å². The lowest BCUT2D eigenvalue weighted by atomic mass is 10.2. The molecule has 6 heteroatoms. The average Bonchev–Trinajstić information content (AvgIpc) is 2.27. The molecule has 1 unspecified atom stereocenters. The van der Waals surface area contributed by atoms with Crippen LogP contribution in [-0.2, 0) is 9.84 Å². The first-order valence-electron chi connectivity index (χ1n) is 5.60. The van der Waals surface area contributed by atoms with Gasteiger partial charge in [0.1, 0.15) is 5.75 Å². The third-order valence-corrected chi connectivity index (χ3v) is 4.52. The standard InChI is InChI=1S/C12H19NO4S/c1-9-6-11(17-3)4-5-12(9)18(15,16)8-10(14)7-13-2/h4-6,10,13-14H,7-8H2,1-3H3. The fraction of sp³-hybridized carbons (Fsp3) is 0.500. The molecule has 1 rings (SSSR count). The minimum Gasteiger partial charge on any atom is -0.497 e. The Labute approximate surface area is 108 Å². The molecule has 18 heavy (non-hydrogen) atoms. The summed E-state index contributed by atoms with van der Waals surface area (Å²) in [6.07, 6.45) is -0.915. The van der Waals surface area contributed by atoms with Crippen molar-refractivity contribution in [1.29, 1.82) is 0 Å². The first-order chi connectivity index (χ1) is 8.40. The molecule has 0 amide bonds. The van der Waals surface area contributed by atoms with Crippen molar-refractivity contribution in [3.05, 3.63) is 23.8 Å². The highest BCUT2D eigenvalue weighted by Gasteiger charge is 2.21. The van der Waals surface area contributed by atoms with Crippen LogP contribution in [0.2, 0.25) is 0 Å². The molecule has 0 saturated carbocycles. The van der Waals surface area contributed by atoms with E-state index in [4.69, 9.17) is 4.74 Å². The maximum absolute atomic E-state index is 12.1. The van der Waals surface area contributed by atoms with Crippen LogP contribution in [0, 0.1) is 6.92 Å². The van der Waals surface area contributed by atoms with Gasteiger partial charge in [0, 0.05) is 6.54 Å². The molecule has 0 saturated heterocycles. The summed E-state index contributed by atoms with van der Waals surface area (Å²) in [4.78, 5) is 0.235. The molecule has 0 aliphatic rings. The van der Waals surface area contributed by atoms with Crippen molar-refractivity contribution in [3.8, 4) is 5.75 Å². The number of benzene rings is 1. The van der Waals surface area contributed by atoms with E-state index in [2.05, 4.69) is 5.32 Å². The molecule has 0 aromatic heterocycles. The Morgan fingerprint density at radius 3 is 2.61 bits per heavy atom. The van der Waals surface area contributed by atoms with E-state index in [9.17, 15) is 13.5 Å². The topological polar surface area (TPSA) is 75.6 Å². The smallest absolute Gasteiger partial charge is 0.181 e. The predicted octanol–water partition coefficient (Wildman–Crippen LogP) is 0.358. The number of sulfone groups is 1. The highest BCUT2D eigenvalue weighted by molar-refractivity contribution is 7.91. The van der Waals surface area contributed by atoms with Crippen molar-refractivity contribution in [1.82, 2.24) is 5.32 Å². The predicted molar refractivity (Wildman–Crippen MR) is 69.7 cm³/mol. The number of ether oxygens (including phenoxy) is 1. The molecule has 0 aliphatic heterocycles. The van der Waals surface area contributed by atoms with Crippen molar-refractivity contribution in [2.24, 2.45) is 0 Å². The Hall–Kier alpha value is -1.11. The Morgan fingerprint density at radius 1 is 1.44 bits per heavy atom. The van der Waals surface area contributed by atoms with Gasteiger partial charge in [-0.3, -0.25) is 0 Å². The zero-order valence-electron chi connectivity index (χ0n) is 10.8.